The number of hydrazone groups is 1. The fourth-order valence-corrected chi connectivity index (χ4v) is 4.29. The first kappa shape index (κ1) is 24.8. The van der Waals surface area contributed by atoms with Gasteiger partial charge in [-0.25, -0.2) is 5.43 Å². The standard InChI is InChI=1S/C27H25Cl2N3O3/c1-2-18-6-10-21(11-7-18)32-16-20(14-26(32)33)27(34)31-30-15-19-8-12-22(13-9-19)35-17-23-24(28)4-3-5-25(23)29/h3-13,15,20H,2,14,16-17H2,1H3,(H,31,34)/b30-15+/t20-/m1/s1. The lowest BCUT2D eigenvalue weighted by Gasteiger charge is -2.16. The molecule has 1 fully saturated rings. The minimum absolute atomic E-state index is 0.0629. The van der Waals surface area contributed by atoms with Crippen molar-refractivity contribution in [2.45, 2.75) is 26.4 Å². The van der Waals surface area contributed by atoms with Crippen LogP contribution in [0, 0.1) is 5.92 Å². The summed E-state index contributed by atoms with van der Waals surface area (Å²) in [6.45, 7) is 2.67. The molecule has 35 heavy (non-hydrogen) atoms. The number of benzene rings is 3. The van der Waals surface area contributed by atoms with Crippen molar-refractivity contribution in [2.75, 3.05) is 11.4 Å². The molecule has 0 radical (unpaired) electrons. The second-order valence-corrected chi connectivity index (χ2v) is 9.03. The monoisotopic (exact) mass is 509 g/mol. The SMILES string of the molecule is CCc1ccc(N2C[C@H](C(=O)N/N=C/c3ccc(OCc4c(Cl)cccc4Cl)cc3)CC2=O)cc1. The number of amides is 2. The molecular formula is C27H25Cl2N3O3. The first-order valence-electron chi connectivity index (χ1n) is 11.3. The minimum atomic E-state index is -0.446. The Morgan fingerprint density at radius 1 is 1.09 bits per heavy atom. The lowest BCUT2D eigenvalue weighted by atomic mass is 10.1. The van der Waals surface area contributed by atoms with E-state index in [0.717, 1.165) is 23.2 Å². The number of hydrogen-bond donors (Lipinski definition) is 1. The minimum Gasteiger partial charge on any atom is -0.489 e. The van der Waals surface area contributed by atoms with Gasteiger partial charge in [-0.3, -0.25) is 9.59 Å². The Balaban J connectivity index is 1.28. The van der Waals surface area contributed by atoms with Crippen molar-refractivity contribution in [3.05, 3.63) is 93.5 Å². The predicted molar refractivity (Wildman–Crippen MR) is 139 cm³/mol. The molecule has 3 aromatic rings. The van der Waals surface area contributed by atoms with Crippen LogP contribution in [0.5, 0.6) is 5.75 Å². The molecule has 1 aliphatic heterocycles. The zero-order valence-corrected chi connectivity index (χ0v) is 20.7. The van der Waals surface area contributed by atoms with Gasteiger partial charge < -0.3 is 9.64 Å². The van der Waals surface area contributed by atoms with Crippen molar-refractivity contribution in [2.24, 2.45) is 11.0 Å². The molecule has 0 bridgehead atoms. The van der Waals surface area contributed by atoms with E-state index in [1.165, 1.54) is 5.56 Å². The molecule has 2 amide bonds. The van der Waals surface area contributed by atoms with Gasteiger partial charge in [-0.1, -0.05) is 48.3 Å². The van der Waals surface area contributed by atoms with E-state index in [1.54, 1.807) is 41.4 Å². The predicted octanol–water partition coefficient (Wildman–Crippen LogP) is 5.64. The number of ether oxygens (including phenoxy) is 1. The van der Waals surface area contributed by atoms with Gasteiger partial charge in [-0.05, 0) is 66.1 Å². The smallest absolute Gasteiger partial charge is 0.245 e. The summed E-state index contributed by atoms with van der Waals surface area (Å²) in [5.41, 5.74) is 6.07. The number of anilines is 1. The van der Waals surface area contributed by atoms with Gasteiger partial charge in [0, 0.05) is 34.3 Å². The number of halogens is 2. The van der Waals surface area contributed by atoms with Crippen LogP contribution < -0.4 is 15.1 Å². The van der Waals surface area contributed by atoms with Gasteiger partial charge in [-0.15, -0.1) is 0 Å². The second-order valence-electron chi connectivity index (χ2n) is 8.22. The van der Waals surface area contributed by atoms with Crippen LogP contribution in [0.2, 0.25) is 10.0 Å². The van der Waals surface area contributed by atoms with Crippen LogP contribution in [0.15, 0.2) is 71.8 Å². The number of hydrogen-bond acceptors (Lipinski definition) is 4. The number of nitrogens with one attached hydrogen (secondary N) is 1. The Morgan fingerprint density at radius 2 is 1.77 bits per heavy atom. The van der Waals surface area contributed by atoms with Gasteiger partial charge in [-0.2, -0.15) is 5.10 Å². The van der Waals surface area contributed by atoms with Crippen LogP contribution >= 0.6 is 23.2 Å². The first-order chi connectivity index (χ1) is 16.9. The van der Waals surface area contributed by atoms with Crippen molar-refractivity contribution in [1.82, 2.24) is 5.43 Å². The molecule has 0 unspecified atom stereocenters. The van der Waals surface area contributed by atoms with Gasteiger partial charge in [0.2, 0.25) is 11.8 Å². The highest BCUT2D eigenvalue weighted by molar-refractivity contribution is 6.35. The van der Waals surface area contributed by atoms with E-state index in [0.29, 0.717) is 22.3 Å². The molecular weight excluding hydrogens is 485 g/mol. The van der Waals surface area contributed by atoms with Crippen LogP contribution in [0.25, 0.3) is 0 Å². The molecule has 180 valence electrons. The Morgan fingerprint density at radius 3 is 2.43 bits per heavy atom. The van der Waals surface area contributed by atoms with Crippen molar-refractivity contribution < 1.29 is 14.3 Å². The van der Waals surface area contributed by atoms with E-state index in [1.807, 2.05) is 36.4 Å². The zero-order chi connectivity index (χ0) is 24.8. The molecule has 0 aromatic heterocycles. The maximum Gasteiger partial charge on any atom is 0.245 e. The summed E-state index contributed by atoms with van der Waals surface area (Å²) in [5, 5.41) is 5.16. The molecule has 6 nitrogen and oxygen atoms in total. The number of aryl methyl sites for hydroxylation is 1. The van der Waals surface area contributed by atoms with Crippen molar-refractivity contribution >= 4 is 46.9 Å². The normalized spacial score (nSPS) is 15.6. The zero-order valence-electron chi connectivity index (χ0n) is 19.2. The Labute approximate surface area is 214 Å². The van der Waals surface area contributed by atoms with E-state index >= 15 is 0 Å². The Hall–Kier alpha value is -3.35. The third-order valence-corrected chi connectivity index (χ3v) is 6.57. The maximum absolute atomic E-state index is 12.5. The molecule has 1 N–H and O–H groups in total. The van der Waals surface area contributed by atoms with E-state index < -0.39 is 5.92 Å². The third-order valence-electron chi connectivity index (χ3n) is 5.87. The van der Waals surface area contributed by atoms with Crippen molar-refractivity contribution in [3.63, 3.8) is 0 Å². The topological polar surface area (TPSA) is 71.0 Å². The average molecular weight is 510 g/mol. The summed E-state index contributed by atoms with van der Waals surface area (Å²) in [6.07, 6.45) is 2.65. The van der Waals surface area contributed by atoms with Gasteiger partial charge >= 0.3 is 0 Å². The molecule has 1 aliphatic rings. The number of nitrogens with zero attached hydrogens (tertiary/aromatic N) is 2. The van der Waals surface area contributed by atoms with Crippen LogP contribution in [-0.2, 0) is 22.6 Å². The summed E-state index contributed by atoms with van der Waals surface area (Å²) < 4.78 is 5.77. The fourth-order valence-electron chi connectivity index (χ4n) is 3.78. The number of carbonyl (C=O) groups is 2. The Kier molecular flexibility index (Phi) is 8.06. The summed E-state index contributed by atoms with van der Waals surface area (Å²) in [6, 6.07) is 20.4. The van der Waals surface area contributed by atoms with Gasteiger partial charge in [0.1, 0.15) is 12.4 Å². The van der Waals surface area contributed by atoms with E-state index in [4.69, 9.17) is 27.9 Å². The third kappa shape index (κ3) is 6.21. The van der Waals surface area contributed by atoms with E-state index in [9.17, 15) is 9.59 Å². The van der Waals surface area contributed by atoms with Gasteiger partial charge in [0.15, 0.2) is 0 Å². The lowest BCUT2D eigenvalue weighted by Crippen LogP contribution is -2.30. The molecule has 0 spiro atoms. The van der Waals surface area contributed by atoms with Gasteiger partial charge in [0.05, 0.1) is 12.1 Å². The first-order valence-corrected chi connectivity index (χ1v) is 12.1. The lowest BCUT2D eigenvalue weighted by molar-refractivity contribution is -0.126. The molecule has 8 heteroatoms. The number of carbonyl (C=O) groups excluding carboxylic acids is 2. The van der Waals surface area contributed by atoms with Crippen LogP contribution in [0.3, 0.4) is 0 Å². The van der Waals surface area contributed by atoms with Crippen LogP contribution in [-0.4, -0.2) is 24.6 Å². The van der Waals surface area contributed by atoms with E-state index in [-0.39, 0.29) is 24.8 Å². The second kappa shape index (κ2) is 11.4. The molecule has 0 saturated carbocycles. The molecule has 0 aliphatic carbocycles. The highest BCUT2D eigenvalue weighted by atomic mass is 35.5. The summed E-state index contributed by atoms with van der Waals surface area (Å²) in [5.74, 6) is -0.137. The molecule has 3 aromatic carbocycles. The van der Waals surface area contributed by atoms with Crippen molar-refractivity contribution in [1.29, 1.82) is 0 Å². The highest BCUT2D eigenvalue weighted by Gasteiger charge is 2.35. The fraction of sp³-hybridized carbons (Fsp3) is 0.222. The van der Waals surface area contributed by atoms with Crippen molar-refractivity contribution in [3.8, 4) is 5.75 Å². The molecule has 1 heterocycles. The summed E-state index contributed by atoms with van der Waals surface area (Å²) >= 11 is 12.3. The Bertz CT molecular complexity index is 1210. The molecule has 1 atom stereocenters. The number of rotatable bonds is 8. The van der Waals surface area contributed by atoms with Crippen LogP contribution in [0.1, 0.15) is 30.0 Å². The summed E-state index contributed by atoms with van der Waals surface area (Å²) in [7, 11) is 0. The molecule has 4 rings (SSSR count). The quantitative estimate of drug-likeness (QED) is 0.315. The van der Waals surface area contributed by atoms with Gasteiger partial charge in [0.25, 0.3) is 0 Å². The average Bonchev–Trinajstić information content (AvgIpc) is 3.26. The summed E-state index contributed by atoms with van der Waals surface area (Å²) in [4.78, 5) is 26.6. The largest absolute Gasteiger partial charge is 0.489 e. The molecule has 1 saturated heterocycles. The van der Waals surface area contributed by atoms with Crippen LogP contribution in [0.4, 0.5) is 5.69 Å². The highest BCUT2D eigenvalue weighted by Crippen LogP contribution is 2.27. The van der Waals surface area contributed by atoms with E-state index in [2.05, 4.69) is 17.5 Å². The maximum atomic E-state index is 12.5.